The zero-order valence-corrected chi connectivity index (χ0v) is 10.5. The van der Waals surface area contributed by atoms with Crippen molar-refractivity contribution in [2.75, 3.05) is 12.3 Å². The number of nitrogens with two attached hydrogens (primary N) is 1. The van der Waals surface area contributed by atoms with Gasteiger partial charge in [-0.2, -0.15) is 0 Å². The number of imidazole rings is 1. The fraction of sp³-hybridized carbons (Fsp3) is 0.500. The van der Waals surface area contributed by atoms with Gasteiger partial charge in [-0.3, -0.25) is 4.57 Å². The molecule has 2 fully saturated rings. The first-order chi connectivity index (χ1) is 9.19. The van der Waals surface area contributed by atoms with Gasteiger partial charge in [-0.15, -0.1) is 0 Å². The Hall–Kier alpha value is -1.55. The lowest BCUT2D eigenvalue weighted by Gasteiger charge is -2.17. The summed E-state index contributed by atoms with van der Waals surface area (Å²) in [6, 6.07) is 0. The second-order valence-corrected chi connectivity index (χ2v) is 4.98. The Kier molecular flexibility index (Phi) is 2.22. The van der Waals surface area contributed by atoms with Crippen molar-refractivity contribution >= 4 is 29.3 Å². The normalized spacial score (nSPS) is 32.7. The van der Waals surface area contributed by atoms with E-state index in [-0.39, 0.29) is 37.1 Å². The number of anilines is 1. The highest BCUT2D eigenvalue weighted by Gasteiger charge is 2.58. The fourth-order valence-electron chi connectivity index (χ4n) is 2.52. The topological polar surface area (TPSA) is 115 Å². The van der Waals surface area contributed by atoms with E-state index in [1.54, 1.807) is 10.9 Å². The first-order valence-electron chi connectivity index (χ1n) is 5.83. The van der Waals surface area contributed by atoms with Crippen LogP contribution in [-0.2, 0) is 9.47 Å². The summed E-state index contributed by atoms with van der Waals surface area (Å²) in [5.74, 6) is 0.226. The molecule has 0 saturated carbocycles. The molecular formula is C10H11N5O3S. The third-order valence-electron chi connectivity index (χ3n) is 3.44. The van der Waals surface area contributed by atoms with Gasteiger partial charge in [0.1, 0.15) is 29.5 Å². The lowest BCUT2D eigenvalue weighted by Crippen LogP contribution is -2.22. The molecule has 0 amide bonds. The maximum atomic E-state index is 9.20. The Morgan fingerprint density at radius 2 is 2.32 bits per heavy atom. The van der Waals surface area contributed by atoms with Crippen molar-refractivity contribution in [2.24, 2.45) is 0 Å². The molecule has 4 rings (SSSR count). The van der Waals surface area contributed by atoms with E-state index < -0.39 is 0 Å². The molecule has 0 spiro atoms. The van der Waals surface area contributed by atoms with Crippen LogP contribution in [0.2, 0.25) is 0 Å². The number of aromatic amines is 1. The summed E-state index contributed by atoms with van der Waals surface area (Å²) >= 11 is 5.12. The predicted molar refractivity (Wildman–Crippen MR) is 66.8 cm³/mol. The van der Waals surface area contributed by atoms with Gasteiger partial charge >= 0.3 is 0 Å². The Labute approximate surface area is 112 Å². The number of nitrogens with one attached hydrogen (secondary N) is 1. The number of aliphatic hydroxyl groups excluding tert-OH is 1. The molecule has 0 bridgehead atoms. The largest absolute Gasteiger partial charge is 0.394 e. The highest BCUT2D eigenvalue weighted by atomic mass is 32.1. The quantitative estimate of drug-likeness (QED) is 0.512. The molecule has 2 aliphatic heterocycles. The molecule has 9 heteroatoms. The molecule has 8 nitrogen and oxygen atoms in total. The minimum atomic E-state index is -0.334. The molecule has 4 heterocycles. The molecule has 19 heavy (non-hydrogen) atoms. The van der Waals surface area contributed by atoms with Crippen LogP contribution >= 0.6 is 12.2 Å². The SMILES string of the molecule is Nc1nc(=S)c2ncn([C@@H]3O[C@H](CO)[C@@H]4O[C@@H]43)c2[nH]1. The van der Waals surface area contributed by atoms with Crippen LogP contribution in [0.1, 0.15) is 6.23 Å². The summed E-state index contributed by atoms with van der Waals surface area (Å²) in [6.45, 7) is -0.0655. The number of ether oxygens (including phenoxy) is 2. The lowest BCUT2D eigenvalue weighted by atomic mass is 10.2. The van der Waals surface area contributed by atoms with Gasteiger partial charge in [0.15, 0.2) is 16.8 Å². The van der Waals surface area contributed by atoms with Crippen molar-refractivity contribution in [1.29, 1.82) is 0 Å². The predicted octanol–water partition coefficient (Wildman–Crippen LogP) is -0.272. The van der Waals surface area contributed by atoms with Gasteiger partial charge in [0.25, 0.3) is 0 Å². The van der Waals surface area contributed by atoms with Gasteiger partial charge in [-0.05, 0) is 0 Å². The third kappa shape index (κ3) is 1.53. The first-order valence-corrected chi connectivity index (χ1v) is 6.24. The number of epoxide rings is 1. The number of fused-ring (bicyclic) bond motifs is 2. The van der Waals surface area contributed by atoms with Gasteiger partial charge in [0, 0.05) is 0 Å². The number of aliphatic hydroxyl groups is 1. The first kappa shape index (κ1) is 11.3. The molecule has 2 saturated heterocycles. The monoisotopic (exact) mass is 281 g/mol. The number of rotatable bonds is 2. The minimum absolute atomic E-state index is 0.0467. The van der Waals surface area contributed by atoms with Gasteiger partial charge in [0.05, 0.1) is 12.9 Å². The molecule has 2 aromatic heterocycles. The van der Waals surface area contributed by atoms with Crippen LogP contribution in [0.15, 0.2) is 6.33 Å². The van der Waals surface area contributed by atoms with E-state index in [1.165, 1.54) is 0 Å². The van der Waals surface area contributed by atoms with Crippen LogP contribution in [0.4, 0.5) is 5.95 Å². The number of H-pyrrole nitrogens is 1. The Morgan fingerprint density at radius 3 is 3.05 bits per heavy atom. The van der Waals surface area contributed by atoms with Crippen molar-refractivity contribution in [3.05, 3.63) is 11.0 Å². The molecule has 0 unspecified atom stereocenters. The highest BCUT2D eigenvalue weighted by molar-refractivity contribution is 7.71. The molecule has 0 radical (unpaired) electrons. The van der Waals surface area contributed by atoms with Crippen LogP contribution in [0.25, 0.3) is 11.2 Å². The Bertz CT molecular complexity index is 713. The van der Waals surface area contributed by atoms with E-state index in [9.17, 15) is 5.11 Å². The Balaban J connectivity index is 1.82. The van der Waals surface area contributed by atoms with Crippen LogP contribution < -0.4 is 5.73 Å². The second kappa shape index (κ2) is 3.73. The maximum Gasteiger partial charge on any atom is 0.200 e. The van der Waals surface area contributed by atoms with Crippen molar-refractivity contribution in [3.63, 3.8) is 0 Å². The van der Waals surface area contributed by atoms with Crippen LogP contribution in [0.3, 0.4) is 0 Å². The van der Waals surface area contributed by atoms with E-state index in [2.05, 4.69) is 15.0 Å². The summed E-state index contributed by atoms with van der Waals surface area (Å²) in [4.78, 5) is 11.1. The lowest BCUT2D eigenvalue weighted by molar-refractivity contribution is -0.0823. The smallest absolute Gasteiger partial charge is 0.200 e. The van der Waals surface area contributed by atoms with Crippen molar-refractivity contribution in [2.45, 2.75) is 24.5 Å². The van der Waals surface area contributed by atoms with Gasteiger partial charge in [0.2, 0.25) is 0 Å². The second-order valence-electron chi connectivity index (χ2n) is 4.59. The molecule has 0 aliphatic carbocycles. The van der Waals surface area contributed by atoms with E-state index in [1.807, 2.05) is 0 Å². The van der Waals surface area contributed by atoms with Crippen LogP contribution in [0, 0.1) is 4.64 Å². The fourth-order valence-corrected chi connectivity index (χ4v) is 2.76. The summed E-state index contributed by atoms with van der Waals surface area (Å²) in [5.41, 5.74) is 6.88. The Morgan fingerprint density at radius 1 is 1.47 bits per heavy atom. The van der Waals surface area contributed by atoms with Crippen LogP contribution in [0.5, 0.6) is 0 Å². The van der Waals surface area contributed by atoms with Gasteiger partial charge in [-0.1, -0.05) is 12.2 Å². The number of nitrogens with zero attached hydrogens (tertiary/aromatic N) is 3. The summed E-state index contributed by atoms with van der Waals surface area (Å²) in [7, 11) is 0. The highest BCUT2D eigenvalue weighted by Crippen LogP contribution is 2.45. The number of hydrogen-bond donors (Lipinski definition) is 3. The van der Waals surface area contributed by atoms with Crippen molar-refractivity contribution in [1.82, 2.24) is 19.5 Å². The van der Waals surface area contributed by atoms with Crippen LogP contribution in [-0.4, -0.2) is 49.5 Å². The molecular weight excluding hydrogens is 270 g/mol. The number of hydrogen-bond acceptors (Lipinski definition) is 7. The minimum Gasteiger partial charge on any atom is -0.394 e. The summed E-state index contributed by atoms with van der Waals surface area (Å²) in [5, 5.41) is 9.20. The van der Waals surface area contributed by atoms with E-state index in [0.717, 1.165) is 0 Å². The standard InChI is InChI=1S/C10H11N5O3S/c11-10-13-7-4(8(19)14-10)12-2-15(7)9-6-5(18-6)3(1-16)17-9/h2-3,5-6,9,16H,1H2,(H3,11,13,14,19)/t3-,5+,6+,9-/m1/s1. The molecule has 0 aromatic carbocycles. The molecule has 4 N–H and O–H groups in total. The van der Waals surface area contributed by atoms with Crippen molar-refractivity contribution < 1.29 is 14.6 Å². The molecule has 100 valence electrons. The summed E-state index contributed by atoms with van der Waals surface area (Å²) in [6.07, 6.45) is 0.871. The van der Waals surface area contributed by atoms with E-state index in [0.29, 0.717) is 15.8 Å². The zero-order valence-electron chi connectivity index (χ0n) is 9.68. The summed E-state index contributed by atoms with van der Waals surface area (Å²) < 4.78 is 13.3. The van der Waals surface area contributed by atoms with Gasteiger partial charge in [-0.25, -0.2) is 9.97 Å². The average Bonchev–Trinajstić information content (AvgIpc) is 2.91. The van der Waals surface area contributed by atoms with E-state index >= 15 is 0 Å². The number of nitrogen functional groups attached to an aromatic ring is 1. The zero-order chi connectivity index (χ0) is 13.1. The number of aromatic nitrogens is 4. The average molecular weight is 281 g/mol. The molecule has 2 aliphatic rings. The molecule has 4 atom stereocenters. The van der Waals surface area contributed by atoms with E-state index in [4.69, 9.17) is 27.4 Å². The van der Waals surface area contributed by atoms with Crippen molar-refractivity contribution in [3.8, 4) is 0 Å². The maximum absolute atomic E-state index is 9.20. The third-order valence-corrected chi connectivity index (χ3v) is 3.73. The molecule has 2 aromatic rings. The van der Waals surface area contributed by atoms with Gasteiger partial charge < -0.3 is 25.3 Å².